The van der Waals surface area contributed by atoms with E-state index in [9.17, 15) is 0 Å². The second kappa shape index (κ2) is 16.5. The van der Waals surface area contributed by atoms with Crippen LogP contribution in [0.15, 0.2) is 0 Å². The SMILES string of the molecule is C[CH]C.[CH2]CCCCCCC. The lowest BCUT2D eigenvalue weighted by Gasteiger charge is -1.93. The highest BCUT2D eigenvalue weighted by molar-refractivity contribution is 4.43. The van der Waals surface area contributed by atoms with Gasteiger partial charge in [0.05, 0.1) is 0 Å². The van der Waals surface area contributed by atoms with Crippen LogP contribution in [0.4, 0.5) is 0 Å². The van der Waals surface area contributed by atoms with Crippen LogP contribution in [-0.2, 0) is 0 Å². The van der Waals surface area contributed by atoms with Crippen LogP contribution in [0.5, 0.6) is 0 Å². The third-order valence-corrected chi connectivity index (χ3v) is 1.35. The molecule has 0 unspecified atom stereocenters. The topological polar surface area (TPSA) is 0 Å². The van der Waals surface area contributed by atoms with Crippen LogP contribution < -0.4 is 0 Å². The van der Waals surface area contributed by atoms with Crippen molar-refractivity contribution in [3.63, 3.8) is 0 Å². The number of hydrogen-bond donors (Lipinski definition) is 0. The molecule has 2 radical (unpaired) electrons. The van der Waals surface area contributed by atoms with Crippen molar-refractivity contribution < 1.29 is 0 Å². The molecule has 0 fully saturated rings. The van der Waals surface area contributed by atoms with Crippen LogP contribution in [0.3, 0.4) is 0 Å². The van der Waals surface area contributed by atoms with Crippen LogP contribution in [0.25, 0.3) is 0 Å². The van der Waals surface area contributed by atoms with Crippen molar-refractivity contribution in [3.05, 3.63) is 13.3 Å². The van der Waals surface area contributed by atoms with Gasteiger partial charge in [-0.05, 0) is 6.42 Å². The van der Waals surface area contributed by atoms with E-state index in [4.69, 9.17) is 0 Å². The second-order valence-electron chi connectivity index (χ2n) is 2.85. The molecule has 0 rings (SSSR count). The van der Waals surface area contributed by atoms with Gasteiger partial charge in [0, 0.05) is 0 Å². The Labute approximate surface area is 73.4 Å². The molecule has 11 heavy (non-hydrogen) atoms. The van der Waals surface area contributed by atoms with Gasteiger partial charge in [0.2, 0.25) is 0 Å². The maximum Gasteiger partial charge on any atom is -0.0448 e. The van der Waals surface area contributed by atoms with Gasteiger partial charge in [0.1, 0.15) is 0 Å². The number of hydrogen-bond acceptors (Lipinski definition) is 0. The molecular formula is C11H24. The summed E-state index contributed by atoms with van der Waals surface area (Å²) in [6.07, 6.45) is 9.98. The predicted molar refractivity (Wildman–Crippen MR) is 54.4 cm³/mol. The Hall–Kier alpha value is 0. The van der Waals surface area contributed by atoms with Crippen LogP contribution in [-0.4, -0.2) is 0 Å². The van der Waals surface area contributed by atoms with Crippen molar-refractivity contribution in [2.75, 3.05) is 0 Å². The summed E-state index contributed by atoms with van der Waals surface area (Å²) in [6, 6.07) is 0. The molecule has 0 saturated heterocycles. The lowest BCUT2D eigenvalue weighted by atomic mass is 10.1. The number of rotatable bonds is 5. The minimum absolute atomic E-state index is 1.11. The quantitative estimate of drug-likeness (QED) is 0.517. The molecule has 0 bridgehead atoms. The summed E-state index contributed by atoms with van der Waals surface area (Å²) in [5.74, 6) is 0. The molecule has 0 nitrogen and oxygen atoms in total. The molecule has 0 aliphatic carbocycles. The summed E-state index contributed by atoms with van der Waals surface area (Å²) < 4.78 is 0. The molecule has 0 spiro atoms. The summed E-state index contributed by atoms with van der Waals surface area (Å²) in [7, 11) is 0. The normalized spacial score (nSPS) is 8.73. The molecule has 0 aromatic carbocycles. The minimum Gasteiger partial charge on any atom is -0.0654 e. The molecule has 0 aliphatic heterocycles. The fourth-order valence-electron chi connectivity index (χ4n) is 0.780. The van der Waals surface area contributed by atoms with Crippen molar-refractivity contribution in [1.29, 1.82) is 0 Å². The standard InChI is InChI=1S/C8H17.C3H7/c1-3-5-7-8-6-4-2;1-3-2/h1,3-8H2,2H3;3H,1-2H3. The van der Waals surface area contributed by atoms with Crippen molar-refractivity contribution >= 4 is 0 Å². The van der Waals surface area contributed by atoms with Crippen molar-refractivity contribution in [1.82, 2.24) is 0 Å². The fraction of sp³-hybridized carbons (Fsp3) is 0.818. The third-order valence-electron chi connectivity index (χ3n) is 1.35. The van der Waals surface area contributed by atoms with Gasteiger partial charge in [-0.15, -0.1) is 0 Å². The molecule has 0 aromatic rings. The first kappa shape index (κ1) is 13.6. The zero-order valence-electron chi connectivity index (χ0n) is 8.53. The van der Waals surface area contributed by atoms with E-state index in [-0.39, 0.29) is 0 Å². The highest BCUT2D eigenvalue weighted by Gasteiger charge is 1.83. The molecule has 0 saturated carbocycles. The first-order valence-corrected chi connectivity index (χ1v) is 4.86. The second-order valence-corrected chi connectivity index (χ2v) is 2.85. The smallest absolute Gasteiger partial charge is 0.0448 e. The van der Waals surface area contributed by atoms with E-state index in [1.54, 1.807) is 0 Å². The van der Waals surface area contributed by atoms with E-state index in [1.807, 2.05) is 20.3 Å². The average Bonchev–Trinajstić information content (AvgIpc) is 2.00. The van der Waals surface area contributed by atoms with Gasteiger partial charge in [0.25, 0.3) is 0 Å². The van der Waals surface area contributed by atoms with Gasteiger partial charge in [-0.25, -0.2) is 0 Å². The zero-order valence-corrected chi connectivity index (χ0v) is 8.53. The molecule has 0 aliphatic rings. The van der Waals surface area contributed by atoms with Gasteiger partial charge in [-0.3, -0.25) is 0 Å². The Balaban J connectivity index is 0. The Bertz CT molecular complexity index is 33.3. The maximum atomic E-state index is 3.78. The van der Waals surface area contributed by atoms with E-state index >= 15 is 0 Å². The van der Waals surface area contributed by atoms with E-state index in [2.05, 4.69) is 13.8 Å². The van der Waals surface area contributed by atoms with Crippen LogP contribution in [0.1, 0.15) is 59.3 Å². The van der Waals surface area contributed by atoms with Crippen LogP contribution in [0.2, 0.25) is 0 Å². The fourth-order valence-corrected chi connectivity index (χ4v) is 0.780. The molecule has 68 valence electrons. The van der Waals surface area contributed by atoms with E-state index < -0.39 is 0 Å². The summed E-state index contributed by atoms with van der Waals surface area (Å²) in [5.41, 5.74) is 0. The van der Waals surface area contributed by atoms with E-state index in [0.29, 0.717) is 0 Å². The highest BCUT2D eigenvalue weighted by atomic mass is 13.9. The monoisotopic (exact) mass is 156 g/mol. The van der Waals surface area contributed by atoms with Gasteiger partial charge >= 0.3 is 0 Å². The summed E-state index contributed by atoms with van der Waals surface area (Å²) in [6.45, 7) is 10.0. The van der Waals surface area contributed by atoms with Gasteiger partial charge in [-0.1, -0.05) is 66.2 Å². The molecule has 0 aromatic heterocycles. The summed E-state index contributed by atoms with van der Waals surface area (Å²) >= 11 is 0. The van der Waals surface area contributed by atoms with Gasteiger partial charge in [0.15, 0.2) is 0 Å². The van der Waals surface area contributed by atoms with Crippen LogP contribution in [0, 0.1) is 13.3 Å². The van der Waals surface area contributed by atoms with Gasteiger partial charge in [-0.2, -0.15) is 0 Å². The lowest BCUT2D eigenvalue weighted by Crippen LogP contribution is -1.74. The van der Waals surface area contributed by atoms with Crippen LogP contribution >= 0.6 is 0 Å². The number of unbranched alkanes of at least 4 members (excludes halogenated alkanes) is 5. The maximum absolute atomic E-state index is 3.78. The Morgan fingerprint density at radius 3 is 1.82 bits per heavy atom. The minimum atomic E-state index is 1.11. The van der Waals surface area contributed by atoms with E-state index in [0.717, 1.165) is 6.42 Å². The predicted octanol–water partition coefficient (Wildman–Crippen LogP) is 4.41. The molecule has 0 heterocycles. The first-order valence-electron chi connectivity index (χ1n) is 4.86. The molecule has 0 amide bonds. The van der Waals surface area contributed by atoms with Crippen molar-refractivity contribution in [2.45, 2.75) is 59.3 Å². The molecular weight excluding hydrogens is 132 g/mol. The van der Waals surface area contributed by atoms with Crippen molar-refractivity contribution in [2.24, 2.45) is 0 Å². The Morgan fingerprint density at radius 1 is 1.00 bits per heavy atom. The molecule has 0 heteroatoms. The highest BCUT2D eigenvalue weighted by Crippen LogP contribution is 2.03. The summed E-state index contributed by atoms with van der Waals surface area (Å²) in [5, 5.41) is 0. The zero-order chi connectivity index (χ0) is 8.95. The average molecular weight is 156 g/mol. The Morgan fingerprint density at radius 2 is 1.45 bits per heavy atom. The largest absolute Gasteiger partial charge is 0.0654 e. The van der Waals surface area contributed by atoms with E-state index in [1.165, 1.54) is 32.1 Å². The first-order chi connectivity index (χ1) is 5.33. The van der Waals surface area contributed by atoms with Gasteiger partial charge < -0.3 is 0 Å². The Kier molecular flexibility index (Phi) is 20.4. The summed E-state index contributed by atoms with van der Waals surface area (Å²) in [4.78, 5) is 0. The molecule has 0 N–H and O–H groups in total. The third kappa shape index (κ3) is 25.6. The molecule has 0 atom stereocenters. The lowest BCUT2D eigenvalue weighted by molar-refractivity contribution is 0.637. The van der Waals surface area contributed by atoms with Crippen molar-refractivity contribution in [3.8, 4) is 0 Å².